The number of nitrogens with two attached hydrogens (primary N) is 1. The minimum Gasteiger partial charge on any atom is -0.396 e. The van der Waals surface area contributed by atoms with E-state index in [1.54, 1.807) is 11.8 Å². The Morgan fingerprint density at radius 2 is 1.91 bits per heavy atom. The number of nitrogens with zero attached hydrogens (tertiary/aromatic N) is 2. The number of piperidine rings is 2. The van der Waals surface area contributed by atoms with Crippen LogP contribution in [0.4, 0.5) is 0 Å². The predicted octanol–water partition coefficient (Wildman–Crippen LogP) is -0.242. The average Bonchev–Trinajstić information content (AvgIpc) is 2.50. The fourth-order valence-electron chi connectivity index (χ4n) is 3.87. The van der Waals surface area contributed by atoms with Crippen LogP contribution in [0.1, 0.15) is 19.3 Å². The average molecular weight is 329 g/mol. The van der Waals surface area contributed by atoms with E-state index in [-0.39, 0.29) is 36.3 Å². The number of hydrogen-bond acceptors (Lipinski definition) is 5. The number of aliphatic hydroxyl groups excluding tert-OH is 1. The first-order chi connectivity index (χ1) is 10.5. The van der Waals surface area contributed by atoms with E-state index >= 15 is 0 Å². The van der Waals surface area contributed by atoms with Crippen LogP contribution in [0.25, 0.3) is 0 Å². The SMILES string of the molecule is CSCC(=O)N1CCC2(CCN(CC(N)=O)C[C@@H]2CO)CC1. The van der Waals surface area contributed by atoms with Crippen molar-refractivity contribution in [3.63, 3.8) is 0 Å². The number of likely N-dealkylation sites (tertiary alicyclic amines) is 2. The summed E-state index contributed by atoms with van der Waals surface area (Å²) in [6.07, 6.45) is 4.81. The van der Waals surface area contributed by atoms with Gasteiger partial charge in [-0.05, 0) is 37.5 Å². The summed E-state index contributed by atoms with van der Waals surface area (Å²) in [5.74, 6) is 0.612. The molecule has 22 heavy (non-hydrogen) atoms. The fraction of sp³-hybridized carbons (Fsp3) is 0.867. The normalized spacial score (nSPS) is 25.4. The van der Waals surface area contributed by atoms with Gasteiger partial charge in [0.05, 0.1) is 12.3 Å². The molecule has 1 atom stereocenters. The van der Waals surface area contributed by atoms with Gasteiger partial charge in [-0.3, -0.25) is 14.5 Å². The molecule has 6 nitrogen and oxygen atoms in total. The standard InChI is InChI=1S/C15H27N3O3S/c1-22-11-14(21)18-6-3-15(4-7-18)2-5-17(9-13(16)20)8-12(15)10-19/h12,19H,2-11H2,1H3,(H2,16,20)/t12-/m1/s1. The third kappa shape index (κ3) is 3.94. The third-order valence-corrected chi connectivity index (χ3v) is 5.79. The summed E-state index contributed by atoms with van der Waals surface area (Å²) in [6.45, 7) is 3.53. The molecule has 2 rings (SSSR count). The highest BCUT2D eigenvalue weighted by molar-refractivity contribution is 7.99. The molecule has 0 aliphatic carbocycles. The Balaban J connectivity index is 1.94. The van der Waals surface area contributed by atoms with Gasteiger partial charge in [-0.1, -0.05) is 0 Å². The van der Waals surface area contributed by atoms with Crippen LogP contribution in [0.3, 0.4) is 0 Å². The molecule has 2 aliphatic heterocycles. The Labute approximate surface area is 136 Å². The Morgan fingerprint density at radius 1 is 1.27 bits per heavy atom. The van der Waals surface area contributed by atoms with Crippen molar-refractivity contribution < 1.29 is 14.7 Å². The highest BCUT2D eigenvalue weighted by Crippen LogP contribution is 2.45. The van der Waals surface area contributed by atoms with Crippen LogP contribution >= 0.6 is 11.8 Å². The minimum absolute atomic E-state index is 0.110. The lowest BCUT2D eigenvalue weighted by atomic mass is 9.64. The van der Waals surface area contributed by atoms with Gasteiger partial charge in [0, 0.05) is 32.2 Å². The minimum atomic E-state index is -0.315. The lowest BCUT2D eigenvalue weighted by Crippen LogP contribution is -2.55. The number of hydrogen-bond donors (Lipinski definition) is 2. The molecule has 2 amide bonds. The Bertz CT molecular complexity index is 411. The van der Waals surface area contributed by atoms with Crippen molar-refractivity contribution in [2.45, 2.75) is 19.3 Å². The van der Waals surface area contributed by atoms with Crippen LogP contribution in [-0.4, -0.2) is 78.1 Å². The maximum Gasteiger partial charge on any atom is 0.232 e. The summed E-state index contributed by atoms with van der Waals surface area (Å²) >= 11 is 1.56. The molecule has 2 saturated heterocycles. The van der Waals surface area contributed by atoms with Crippen LogP contribution in [0.2, 0.25) is 0 Å². The summed E-state index contributed by atoms with van der Waals surface area (Å²) < 4.78 is 0. The van der Waals surface area contributed by atoms with Crippen LogP contribution in [0.5, 0.6) is 0 Å². The molecule has 126 valence electrons. The zero-order chi connectivity index (χ0) is 16.2. The number of rotatable bonds is 5. The van der Waals surface area contributed by atoms with Crippen LogP contribution in [0.15, 0.2) is 0 Å². The van der Waals surface area contributed by atoms with Gasteiger partial charge < -0.3 is 15.7 Å². The van der Waals surface area contributed by atoms with E-state index in [1.807, 2.05) is 16.1 Å². The molecule has 2 aliphatic rings. The number of primary amides is 1. The number of thioether (sulfide) groups is 1. The first-order valence-corrected chi connectivity index (χ1v) is 9.28. The molecule has 7 heteroatoms. The van der Waals surface area contributed by atoms with E-state index in [1.165, 1.54) is 0 Å². The zero-order valence-corrected chi connectivity index (χ0v) is 14.1. The molecule has 0 bridgehead atoms. The van der Waals surface area contributed by atoms with Crippen molar-refractivity contribution in [2.24, 2.45) is 17.1 Å². The first kappa shape index (κ1) is 17.6. The molecule has 0 aromatic rings. The monoisotopic (exact) mass is 329 g/mol. The Kier molecular flexibility index (Phi) is 6.11. The summed E-state index contributed by atoms with van der Waals surface area (Å²) in [7, 11) is 0. The fourth-order valence-corrected chi connectivity index (χ4v) is 4.30. The first-order valence-electron chi connectivity index (χ1n) is 7.89. The molecule has 0 saturated carbocycles. The molecule has 0 radical (unpaired) electrons. The largest absolute Gasteiger partial charge is 0.396 e. The van der Waals surface area contributed by atoms with Gasteiger partial charge in [-0.15, -0.1) is 0 Å². The lowest BCUT2D eigenvalue weighted by molar-refractivity contribution is -0.133. The van der Waals surface area contributed by atoms with Crippen LogP contribution < -0.4 is 5.73 Å². The van der Waals surface area contributed by atoms with E-state index < -0.39 is 0 Å². The van der Waals surface area contributed by atoms with E-state index in [4.69, 9.17) is 5.73 Å². The zero-order valence-electron chi connectivity index (χ0n) is 13.3. The van der Waals surface area contributed by atoms with Crippen LogP contribution in [-0.2, 0) is 9.59 Å². The smallest absolute Gasteiger partial charge is 0.232 e. The van der Waals surface area contributed by atoms with Crippen molar-refractivity contribution in [3.8, 4) is 0 Å². The van der Waals surface area contributed by atoms with Gasteiger partial charge in [0.2, 0.25) is 11.8 Å². The molecular formula is C15H27N3O3S. The van der Waals surface area contributed by atoms with Gasteiger partial charge >= 0.3 is 0 Å². The van der Waals surface area contributed by atoms with E-state index in [0.717, 1.165) is 45.4 Å². The number of carbonyl (C=O) groups is 2. The summed E-state index contributed by atoms with van der Waals surface area (Å²) in [5, 5.41) is 9.79. The molecule has 0 aromatic heterocycles. The number of carbonyl (C=O) groups excluding carboxylic acids is 2. The summed E-state index contributed by atoms with van der Waals surface area (Å²) in [5.41, 5.74) is 5.38. The topological polar surface area (TPSA) is 86.9 Å². The second-order valence-corrected chi connectivity index (χ2v) is 7.37. The molecule has 3 N–H and O–H groups in total. The second-order valence-electron chi connectivity index (χ2n) is 6.51. The number of aliphatic hydroxyl groups is 1. The van der Waals surface area contributed by atoms with Crippen molar-refractivity contribution in [2.75, 3.05) is 51.3 Å². The van der Waals surface area contributed by atoms with Crippen molar-refractivity contribution in [3.05, 3.63) is 0 Å². The van der Waals surface area contributed by atoms with Crippen molar-refractivity contribution in [1.29, 1.82) is 0 Å². The molecule has 0 unspecified atom stereocenters. The molecular weight excluding hydrogens is 302 g/mol. The maximum absolute atomic E-state index is 12.0. The van der Waals surface area contributed by atoms with Gasteiger partial charge in [0.15, 0.2) is 0 Å². The third-order valence-electron chi connectivity index (χ3n) is 5.25. The predicted molar refractivity (Wildman–Crippen MR) is 87.5 cm³/mol. The van der Waals surface area contributed by atoms with Gasteiger partial charge in [0.25, 0.3) is 0 Å². The van der Waals surface area contributed by atoms with Gasteiger partial charge in [-0.2, -0.15) is 11.8 Å². The maximum atomic E-state index is 12.0. The quantitative estimate of drug-likeness (QED) is 0.727. The second kappa shape index (κ2) is 7.66. The summed E-state index contributed by atoms with van der Waals surface area (Å²) in [4.78, 5) is 27.1. The number of amides is 2. The van der Waals surface area contributed by atoms with E-state index in [0.29, 0.717) is 5.75 Å². The van der Waals surface area contributed by atoms with Crippen molar-refractivity contribution in [1.82, 2.24) is 9.80 Å². The van der Waals surface area contributed by atoms with Crippen LogP contribution in [0, 0.1) is 11.3 Å². The Morgan fingerprint density at radius 3 is 2.45 bits per heavy atom. The molecule has 1 spiro atoms. The highest BCUT2D eigenvalue weighted by Gasteiger charge is 2.45. The highest BCUT2D eigenvalue weighted by atomic mass is 32.2. The van der Waals surface area contributed by atoms with Gasteiger partial charge in [-0.25, -0.2) is 0 Å². The van der Waals surface area contributed by atoms with E-state index in [9.17, 15) is 14.7 Å². The molecule has 0 aromatic carbocycles. The van der Waals surface area contributed by atoms with Crippen molar-refractivity contribution >= 4 is 23.6 Å². The Hall–Kier alpha value is -0.790. The molecule has 2 heterocycles. The lowest BCUT2D eigenvalue weighted by Gasteiger charge is -2.51. The van der Waals surface area contributed by atoms with Gasteiger partial charge in [0.1, 0.15) is 0 Å². The molecule has 2 fully saturated rings. The van der Waals surface area contributed by atoms with E-state index in [2.05, 4.69) is 0 Å². The summed E-state index contributed by atoms with van der Waals surface area (Å²) in [6, 6.07) is 0.